The minimum Gasteiger partial charge on any atom is -0.462 e. The van der Waals surface area contributed by atoms with E-state index in [1.54, 1.807) is 6.92 Å². The SMILES string of the molecule is CCOC(=O)c1cc(N)cc(OC(F)F)c1C. The molecule has 0 heterocycles. The van der Waals surface area contributed by atoms with Crippen molar-refractivity contribution >= 4 is 11.7 Å². The number of esters is 1. The molecule has 6 heteroatoms. The van der Waals surface area contributed by atoms with Crippen molar-refractivity contribution in [3.8, 4) is 5.75 Å². The Labute approximate surface area is 97.3 Å². The highest BCUT2D eigenvalue weighted by Gasteiger charge is 2.17. The first-order chi connectivity index (χ1) is 7.95. The first kappa shape index (κ1) is 13.2. The molecule has 0 atom stereocenters. The van der Waals surface area contributed by atoms with Gasteiger partial charge in [-0.2, -0.15) is 8.78 Å². The van der Waals surface area contributed by atoms with Gasteiger partial charge in [-0.3, -0.25) is 0 Å². The van der Waals surface area contributed by atoms with Gasteiger partial charge >= 0.3 is 12.6 Å². The lowest BCUT2D eigenvalue weighted by molar-refractivity contribution is -0.0503. The summed E-state index contributed by atoms with van der Waals surface area (Å²) in [6, 6.07) is 2.61. The number of rotatable bonds is 4. The van der Waals surface area contributed by atoms with E-state index in [1.165, 1.54) is 19.1 Å². The number of benzene rings is 1. The van der Waals surface area contributed by atoms with Crippen LogP contribution < -0.4 is 10.5 Å². The quantitative estimate of drug-likeness (QED) is 0.653. The number of ether oxygens (including phenoxy) is 2. The second kappa shape index (κ2) is 5.47. The average Bonchev–Trinajstić information content (AvgIpc) is 2.22. The summed E-state index contributed by atoms with van der Waals surface area (Å²) in [7, 11) is 0. The van der Waals surface area contributed by atoms with Crippen LogP contribution in [0.1, 0.15) is 22.8 Å². The zero-order valence-corrected chi connectivity index (χ0v) is 9.50. The van der Waals surface area contributed by atoms with Crippen LogP contribution in [0, 0.1) is 6.92 Å². The van der Waals surface area contributed by atoms with Gasteiger partial charge in [-0.1, -0.05) is 0 Å². The predicted octanol–water partition coefficient (Wildman–Crippen LogP) is 2.36. The molecule has 4 nitrogen and oxygen atoms in total. The third-order valence-corrected chi connectivity index (χ3v) is 2.09. The van der Waals surface area contributed by atoms with Gasteiger partial charge in [0.05, 0.1) is 12.2 Å². The molecule has 0 aliphatic rings. The zero-order valence-electron chi connectivity index (χ0n) is 9.50. The Balaban J connectivity index is 3.13. The molecule has 0 aliphatic carbocycles. The number of nitrogen functional groups attached to an aromatic ring is 1. The van der Waals surface area contributed by atoms with Gasteiger partial charge in [0.15, 0.2) is 0 Å². The van der Waals surface area contributed by atoms with Crippen molar-refractivity contribution in [3.63, 3.8) is 0 Å². The second-order valence-corrected chi connectivity index (χ2v) is 3.29. The lowest BCUT2D eigenvalue weighted by Crippen LogP contribution is -2.10. The van der Waals surface area contributed by atoms with Gasteiger partial charge in [-0.15, -0.1) is 0 Å². The van der Waals surface area contributed by atoms with Crippen LogP contribution in [0.15, 0.2) is 12.1 Å². The van der Waals surface area contributed by atoms with E-state index in [-0.39, 0.29) is 29.2 Å². The molecule has 0 aliphatic heterocycles. The van der Waals surface area contributed by atoms with E-state index in [0.717, 1.165) is 0 Å². The van der Waals surface area contributed by atoms with Gasteiger partial charge in [-0.25, -0.2) is 4.79 Å². The molecule has 0 aromatic heterocycles. The van der Waals surface area contributed by atoms with Crippen molar-refractivity contribution in [1.29, 1.82) is 0 Å². The summed E-state index contributed by atoms with van der Waals surface area (Å²) in [6.45, 7) is 0.364. The third-order valence-electron chi connectivity index (χ3n) is 2.09. The van der Waals surface area contributed by atoms with Crippen LogP contribution >= 0.6 is 0 Å². The van der Waals surface area contributed by atoms with E-state index >= 15 is 0 Å². The summed E-state index contributed by atoms with van der Waals surface area (Å²) in [5.74, 6) is -0.737. The molecular weight excluding hydrogens is 232 g/mol. The Hall–Kier alpha value is -1.85. The minimum atomic E-state index is -2.97. The lowest BCUT2D eigenvalue weighted by Gasteiger charge is -2.12. The fourth-order valence-electron chi connectivity index (χ4n) is 1.35. The fraction of sp³-hybridized carbons (Fsp3) is 0.364. The zero-order chi connectivity index (χ0) is 13.0. The molecule has 0 fully saturated rings. The maximum atomic E-state index is 12.1. The van der Waals surface area contributed by atoms with Crippen molar-refractivity contribution in [2.24, 2.45) is 0 Å². The normalized spacial score (nSPS) is 10.4. The Bertz CT molecular complexity index is 421. The van der Waals surface area contributed by atoms with E-state index in [1.807, 2.05) is 0 Å². The second-order valence-electron chi connectivity index (χ2n) is 3.29. The molecule has 0 unspecified atom stereocenters. The number of anilines is 1. The maximum Gasteiger partial charge on any atom is 0.387 e. The van der Waals surface area contributed by atoms with Gasteiger partial charge < -0.3 is 15.2 Å². The Morgan fingerprint density at radius 2 is 2.12 bits per heavy atom. The molecule has 0 saturated heterocycles. The maximum absolute atomic E-state index is 12.1. The van der Waals surface area contributed by atoms with E-state index in [2.05, 4.69) is 4.74 Å². The van der Waals surface area contributed by atoms with E-state index in [9.17, 15) is 13.6 Å². The molecule has 94 valence electrons. The number of halogens is 2. The van der Waals surface area contributed by atoms with E-state index < -0.39 is 12.6 Å². The summed E-state index contributed by atoms with van der Waals surface area (Å²) >= 11 is 0. The van der Waals surface area contributed by atoms with Crippen molar-refractivity contribution in [1.82, 2.24) is 0 Å². The number of nitrogens with two attached hydrogens (primary N) is 1. The summed E-state index contributed by atoms with van der Waals surface area (Å²) in [4.78, 5) is 11.5. The smallest absolute Gasteiger partial charge is 0.387 e. The average molecular weight is 245 g/mol. The summed E-state index contributed by atoms with van der Waals surface area (Å²) in [5, 5.41) is 0. The Morgan fingerprint density at radius 1 is 1.47 bits per heavy atom. The van der Waals surface area contributed by atoms with Gasteiger partial charge in [0.25, 0.3) is 0 Å². The van der Waals surface area contributed by atoms with Crippen LogP contribution in [0.3, 0.4) is 0 Å². The Morgan fingerprint density at radius 3 is 2.65 bits per heavy atom. The molecule has 1 aromatic rings. The number of hydrogen-bond donors (Lipinski definition) is 1. The lowest BCUT2D eigenvalue weighted by atomic mass is 10.1. The van der Waals surface area contributed by atoms with Gasteiger partial charge in [-0.05, 0) is 19.9 Å². The molecule has 1 rings (SSSR count). The van der Waals surface area contributed by atoms with Crippen LogP contribution in [0.25, 0.3) is 0 Å². The number of hydrogen-bond acceptors (Lipinski definition) is 4. The highest BCUT2D eigenvalue weighted by molar-refractivity contribution is 5.93. The first-order valence-corrected chi connectivity index (χ1v) is 4.97. The molecule has 0 amide bonds. The van der Waals surface area contributed by atoms with Gasteiger partial charge in [0, 0.05) is 17.3 Å². The molecule has 0 radical (unpaired) electrons. The molecule has 0 bridgehead atoms. The Kier molecular flexibility index (Phi) is 4.25. The van der Waals surface area contributed by atoms with Crippen molar-refractivity contribution in [3.05, 3.63) is 23.3 Å². The number of carbonyl (C=O) groups is 1. The van der Waals surface area contributed by atoms with Crippen molar-refractivity contribution < 1.29 is 23.0 Å². The highest BCUT2D eigenvalue weighted by atomic mass is 19.3. The molecule has 17 heavy (non-hydrogen) atoms. The molecule has 1 aromatic carbocycles. The predicted molar refractivity (Wildman–Crippen MR) is 58.2 cm³/mol. The van der Waals surface area contributed by atoms with Gasteiger partial charge in [0.1, 0.15) is 5.75 Å². The minimum absolute atomic E-state index is 0.122. The largest absolute Gasteiger partial charge is 0.462 e. The van der Waals surface area contributed by atoms with E-state index in [0.29, 0.717) is 0 Å². The monoisotopic (exact) mass is 245 g/mol. The topological polar surface area (TPSA) is 61.5 Å². The van der Waals surface area contributed by atoms with Crippen LogP contribution in [0.4, 0.5) is 14.5 Å². The first-order valence-electron chi connectivity index (χ1n) is 4.97. The van der Waals surface area contributed by atoms with Crippen LogP contribution in [0.2, 0.25) is 0 Å². The summed E-state index contributed by atoms with van der Waals surface area (Å²) in [5.41, 5.74) is 6.07. The number of alkyl halides is 2. The molecule has 0 spiro atoms. The van der Waals surface area contributed by atoms with Crippen molar-refractivity contribution in [2.45, 2.75) is 20.5 Å². The number of carbonyl (C=O) groups excluding carboxylic acids is 1. The van der Waals surface area contributed by atoms with Crippen LogP contribution in [-0.4, -0.2) is 19.2 Å². The van der Waals surface area contributed by atoms with E-state index in [4.69, 9.17) is 10.5 Å². The van der Waals surface area contributed by atoms with Crippen LogP contribution in [-0.2, 0) is 4.74 Å². The molecular formula is C11H13F2NO3. The van der Waals surface area contributed by atoms with Gasteiger partial charge in [0.2, 0.25) is 0 Å². The molecule has 2 N–H and O–H groups in total. The van der Waals surface area contributed by atoms with Crippen molar-refractivity contribution in [2.75, 3.05) is 12.3 Å². The molecule has 0 saturated carbocycles. The summed E-state index contributed by atoms with van der Waals surface area (Å²) < 4.78 is 33.3. The van der Waals surface area contributed by atoms with Crippen LogP contribution in [0.5, 0.6) is 5.75 Å². The highest BCUT2D eigenvalue weighted by Crippen LogP contribution is 2.27. The summed E-state index contributed by atoms with van der Waals surface area (Å²) in [6.07, 6.45) is 0. The standard InChI is InChI=1S/C11H13F2NO3/c1-3-16-10(15)8-4-7(14)5-9(6(8)2)17-11(12)13/h4-5,11H,3,14H2,1-2H3. The third kappa shape index (κ3) is 3.30. The fourth-order valence-corrected chi connectivity index (χ4v) is 1.35.